The predicted molar refractivity (Wildman–Crippen MR) is 113 cm³/mol. The molecule has 0 aliphatic rings. The van der Waals surface area contributed by atoms with Crippen LogP contribution in [0.2, 0.25) is 5.15 Å². The topological polar surface area (TPSA) is 83.3 Å². The van der Waals surface area contributed by atoms with Crippen molar-refractivity contribution in [1.82, 2.24) is 14.5 Å². The van der Waals surface area contributed by atoms with Crippen molar-refractivity contribution in [2.45, 2.75) is 23.9 Å². The maximum absolute atomic E-state index is 13.1. The molecule has 2 heterocycles. The molecule has 9 heteroatoms. The van der Waals surface area contributed by atoms with Crippen molar-refractivity contribution in [3.63, 3.8) is 0 Å². The van der Waals surface area contributed by atoms with Gasteiger partial charge >= 0.3 is 5.97 Å². The van der Waals surface area contributed by atoms with Gasteiger partial charge in [-0.1, -0.05) is 23.4 Å². The Morgan fingerprint density at radius 1 is 1.24 bits per heavy atom. The van der Waals surface area contributed by atoms with Gasteiger partial charge in [-0.15, -0.1) is 0 Å². The molecule has 2 aromatic heterocycles. The average Bonchev–Trinajstić information content (AvgIpc) is 2.73. The fourth-order valence-electron chi connectivity index (χ4n) is 2.80. The van der Waals surface area contributed by atoms with Gasteiger partial charge in [0.1, 0.15) is 5.15 Å². The minimum atomic E-state index is -0.474. The number of carbonyl (C=O) groups excluding carboxylic acids is 1. The third-order valence-electron chi connectivity index (χ3n) is 4.23. The fraction of sp³-hybridized carbons (Fsp3) is 0.300. The summed E-state index contributed by atoms with van der Waals surface area (Å²) >= 11 is 7.38. The number of pyridine rings is 1. The molecular formula is C20H20ClN3O4S. The van der Waals surface area contributed by atoms with E-state index in [0.29, 0.717) is 52.1 Å². The fourth-order valence-corrected chi connectivity index (χ4v) is 3.96. The Morgan fingerprint density at radius 2 is 2.07 bits per heavy atom. The lowest BCUT2D eigenvalue weighted by Gasteiger charge is -2.13. The van der Waals surface area contributed by atoms with Crippen molar-refractivity contribution in [3.8, 4) is 0 Å². The number of methoxy groups -OCH3 is 2. The van der Waals surface area contributed by atoms with Gasteiger partial charge in [0.15, 0.2) is 5.16 Å². The van der Waals surface area contributed by atoms with Crippen LogP contribution < -0.4 is 5.56 Å². The lowest BCUT2D eigenvalue weighted by Crippen LogP contribution is -2.24. The number of thioether (sulfide) groups is 1. The highest BCUT2D eigenvalue weighted by Crippen LogP contribution is 2.24. The standard InChI is InChI=1S/C20H20ClN3O4S/c1-27-9-3-8-24-18(25)15-5-4-14(19(26)28-2)11-16(15)23-20(24)29-12-13-6-7-22-17(21)10-13/h4-7,10-11H,3,8-9,12H2,1-2H3. The monoisotopic (exact) mass is 433 g/mol. The summed E-state index contributed by atoms with van der Waals surface area (Å²) in [6.07, 6.45) is 2.32. The van der Waals surface area contributed by atoms with Crippen molar-refractivity contribution in [1.29, 1.82) is 0 Å². The van der Waals surface area contributed by atoms with Crippen LogP contribution in [0.5, 0.6) is 0 Å². The zero-order valence-corrected chi connectivity index (χ0v) is 17.6. The van der Waals surface area contributed by atoms with Crippen LogP contribution in [0.3, 0.4) is 0 Å². The van der Waals surface area contributed by atoms with E-state index in [2.05, 4.69) is 9.97 Å². The number of benzene rings is 1. The summed E-state index contributed by atoms with van der Waals surface area (Å²) in [7, 11) is 2.94. The number of hydrogen-bond acceptors (Lipinski definition) is 7. The van der Waals surface area contributed by atoms with Crippen LogP contribution in [0.4, 0.5) is 0 Å². The Balaban J connectivity index is 2.01. The van der Waals surface area contributed by atoms with E-state index in [1.165, 1.54) is 18.9 Å². The minimum Gasteiger partial charge on any atom is -0.465 e. The van der Waals surface area contributed by atoms with Gasteiger partial charge in [-0.2, -0.15) is 0 Å². The number of fused-ring (bicyclic) bond motifs is 1. The molecule has 0 spiro atoms. The first-order chi connectivity index (χ1) is 14.0. The van der Waals surface area contributed by atoms with Gasteiger partial charge in [0, 0.05) is 32.2 Å². The average molecular weight is 434 g/mol. The first kappa shape index (κ1) is 21.3. The molecule has 3 rings (SSSR count). The first-order valence-electron chi connectivity index (χ1n) is 8.88. The molecule has 3 aromatic rings. The number of nitrogens with zero attached hydrogens (tertiary/aromatic N) is 3. The van der Waals surface area contributed by atoms with Crippen molar-refractivity contribution in [2.75, 3.05) is 20.8 Å². The second-order valence-corrected chi connectivity index (χ2v) is 7.53. The predicted octanol–water partition coefficient (Wildman–Crippen LogP) is 3.56. The summed E-state index contributed by atoms with van der Waals surface area (Å²) < 4.78 is 11.5. The molecule has 0 N–H and O–H groups in total. The Hall–Kier alpha value is -2.42. The van der Waals surface area contributed by atoms with Crippen LogP contribution in [0, 0.1) is 0 Å². The lowest BCUT2D eigenvalue weighted by atomic mass is 10.1. The molecule has 0 atom stereocenters. The third-order valence-corrected chi connectivity index (χ3v) is 5.48. The molecule has 0 radical (unpaired) electrons. The number of ether oxygens (including phenoxy) is 2. The second kappa shape index (κ2) is 9.87. The smallest absolute Gasteiger partial charge is 0.337 e. The summed E-state index contributed by atoms with van der Waals surface area (Å²) in [4.78, 5) is 33.6. The molecule has 0 aliphatic carbocycles. The van der Waals surface area contributed by atoms with E-state index < -0.39 is 5.97 Å². The molecule has 0 bridgehead atoms. The zero-order chi connectivity index (χ0) is 20.8. The summed E-state index contributed by atoms with van der Waals surface area (Å²) in [6, 6.07) is 8.40. The van der Waals surface area contributed by atoms with Gasteiger partial charge in [0.25, 0.3) is 5.56 Å². The number of rotatable bonds is 8. The maximum Gasteiger partial charge on any atom is 0.337 e. The summed E-state index contributed by atoms with van der Waals surface area (Å²) in [5, 5.41) is 1.43. The number of hydrogen-bond donors (Lipinski definition) is 0. The van der Waals surface area contributed by atoms with E-state index >= 15 is 0 Å². The third kappa shape index (κ3) is 5.14. The molecule has 152 valence electrons. The van der Waals surface area contributed by atoms with Crippen molar-refractivity contribution in [2.24, 2.45) is 0 Å². The second-order valence-electron chi connectivity index (χ2n) is 6.20. The zero-order valence-electron chi connectivity index (χ0n) is 16.1. The molecular weight excluding hydrogens is 414 g/mol. The Kier molecular flexibility index (Phi) is 7.24. The van der Waals surface area contributed by atoms with Crippen molar-refractivity contribution in [3.05, 3.63) is 63.2 Å². The van der Waals surface area contributed by atoms with E-state index in [0.717, 1.165) is 5.56 Å². The molecule has 0 fully saturated rings. The quantitative estimate of drug-likeness (QED) is 0.176. The Bertz CT molecular complexity index is 1090. The molecule has 0 unspecified atom stereocenters. The highest BCUT2D eigenvalue weighted by Gasteiger charge is 2.14. The first-order valence-corrected chi connectivity index (χ1v) is 10.2. The van der Waals surface area contributed by atoms with Crippen LogP contribution in [0.25, 0.3) is 10.9 Å². The number of aromatic nitrogens is 3. The van der Waals surface area contributed by atoms with Crippen LogP contribution in [-0.2, 0) is 21.8 Å². The van der Waals surface area contributed by atoms with E-state index in [1.54, 1.807) is 42.1 Å². The number of esters is 1. The maximum atomic E-state index is 13.1. The SMILES string of the molecule is COCCCn1c(SCc2ccnc(Cl)c2)nc2cc(C(=O)OC)ccc2c1=O. The van der Waals surface area contributed by atoms with Crippen LogP contribution in [0.1, 0.15) is 22.3 Å². The van der Waals surface area contributed by atoms with Crippen molar-refractivity contribution >= 4 is 40.2 Å². The van der Waals surface area contributed by atoms with E-state index in [4.69, 9.17) is 21.1 Å². The molecule has 0 saturated heterocycles. The van der Waals surface area contributed by atoms with Crippen LogP contribution >= 0.6 is 23.4 Å². The van der Waals surface area contributed by atoms with Gasteiger partial charge in [-0.05, 0) is 42.3 Å². The van der Waals surface area contributed by atoms with Crippen LogP contribution in [-0.4, -0.2) is 41.3 Å². The molecule has 1 aromatic carbocycles. The summed E-state index contributed by atoms with van der Waals surface area (Å²) in [5.41, 5.74) is 1.62. The highest BCUT2D eigenvalue weighted by molar-refractivity contribution is 7.98. The lowest BCUT2D eigenvalue weighted by molar-refractivity contribution is 0.0601. The highest BCUT2D eigenvalue weighted by atomic mass is 35.5. The molecule has 0 saturated carbocycles. The number of carbonyl (C=O) groups is 1. The van der Waals surface area contributed by atoms with Gasteiger partial charge < -0.3 is 9.47 Å². The van der Waals surface area contributed by atoms with Crippen molar-refractivity contribution < 1.29 is 14.3 Å². The molecule has 0 amide bonds. The van der Waals surface area contributed by atoms with E-state index in [9.17, 15) is 9.59 Å². The molecule has 7 nitrogen and oxygen atoms in total. The normalized spacial score (nSPS) is 11.0. The number of halogens is 1. The Morgan fingerprint density at radius 3 is 2.79 bits per heavy atom. The van der Waals surface area contributed by atoms with Gasteiger partial charge in [0.2, 0.25) is 0 Å². The van der Waals surface area contributed by atoms with E-state index in [1.807, 2.05) is 6.07 Å². The summed E-state index contributed by atoms with van der Waals surface area (Å²) in [6.45, 7) is 1.02. The van der Waals surface area contributed by atoms with Gasteiger partial charge in [0.05, 0.1) is 23.6 Å². The Labute approximate surface area is 177 Å². The minimum absolute atomic E-state index is 0.155. The van der Waals surface area contributed by atoms with Gasteiger partial charge in [-0.25, -0.2) is 14.8 Å². The van der Waals surface area contributed by atoms with E-state index in [-0.39, 0.29) is 5.56 Å². The largest absolute Gasteiger partial charge is 0.465 e. The molecule has 29 heavy (non-hydrogen) atoms. The summed E-state index contributed by atoms with van der Waals surface area (Å²) in [5.74, 6) is 0.0971. The van der Waals surface area contributed by atoms with Gasteiger partial charge in [-0.3, -0.25) is 9.36 Å². The molecule has 0 aliphatic heterocycles. The van der Waals surface area contributed by atoms with Crippen LogP contribution in [0.15, 0.2) is 46.5 Å².